The van der Waals surface area contributed by atoms with E-state index < -0.39 is 0 Å². The van der Waals surface area contributed by atoms with Crippen molar-refractivity contribution in [3.63, 3.8) is 0 Å². The molecule has 2 aromatic carbocycles. The van der Waals surface area contributed by atoms with E-state index in [0.29, 0.717) is 0 Å². The molecule has 1 spiro atoms. The maximum Gasteiger partial charge on any atom is 0.321 e. The van der Waals surface area contributed by atoms with Crippen LogP contribution in [0.5, 0.6) is 0 Å². The number of aromatic nitrogens is 1. The van der Waals surface area contributed by atoms with Crippen molar-refractivity contribution in [1.82, 2.24) is 14.8 Å². The highest BCUT2D eigenvalue weighted by molar-refractivity contribution is 6.31. The van der Waals surface area contributed by atoms with E-state index in [-0.39, 0.29) is 17.5 Å². The number of rotatable bonds is 5. The minimum Gasteiger partial charge on any atom is -0.324 e. The molecule has 1 atom stereocenters. The van der Waals surface area contributed by atoms with Gasteiger partial charge in [0, 0.05) is 60.7 Å². The van der Waals surface area contributed by atoms with Crippen LogP contribution in [-0.4, -0.2) is 40.4 Å². The molecule has 6 heteroatoms. The smallest absolute Gasteiger partial charge is 0.321 e. The molecule has 2 fully saturated rings. The molecule has 2 saturated heterocycles. The Morgan fingerprint density at radius 1 is 1.06 bits per heavy atom. The van der Waals surface area contributed by atoms with Crippen molar-refractivity contribution in [1.29, 1.82) is 0 Å². The van der Waals surface area contributed by atoms with Gasteiger partial charge in [-0.15, -0.1) is 0 Å². The number of benzene rings is 2. The molecule has 0 radical (unpaired) electrons. The number of hydrogen-bond donors (Lipinski definition) is 1. The zero-order valence-corrected chi connectivity index (χ0v) is 20.3. The molecule has 1 aromatic heterocycles. The molecule has 1 N–H and O–H groups in total. The largest absolute Gasteiger partial charge is 0.324 e. The number of carbonyl (C=O) groups is 1. The maximum absolute atomic E-state index is 13.0. The van der Waals surface area contributed by atoms with E-state index in [1.165, 1.54) is 5.56 Å². The van der Waals surface area contributed by atoms with E-state index in [1.807, 2.05) is 59.8 Å². The third-order valence-electron chi connectivity index (χ3n) is 7.48. The number of aryl methyl sites for hydroxylation is 1. The van der Waals surface area contributed by atoms with Crippen LogP contribution in [-0.2, 0) is 13.0 Å². The summed E-state index contributed by atoms with van der Waals surface area (Å²) in [6, 6.07) is 20.6. The Hall–Kier alpha value is -2.89. The van der Waals surface area contributed by atoms with Gasteiger partial charge in [0.2, 0.25) is 0 Å². The summed E-state index contributed by atoms with van der Waals surface area (Å²) in [7, 11) is 0. The van der Waals surface area contributed by atoms with Gasteiger partial charge in [-0.25, -0.2) is 4.79 Å². The first-order chi connectivity index (χ1) is 16.6. The monoisotopic (exact) mass is 474 g/mol. The van der Waals surface area contributed by atoms with Crippen molar-refractivity contribution < 1.29 is 4.79 Å². The Balaban J connectivity index is 1.29. The zero-order chi connectivity index (χ0) is 23.5. The van der Waals surface area contributed by atoms with Crippen molar-refractivity contribution in [2.45, 2.75) is 38.8 Å². The highest BCUT2D eigenvalue weighted by Crippen LogP contribution is 2.55. The molecule has 2 aliphatic rings. The first-order valence-corrected chi connectivity index (χ1v) is 12.5. The summed E-state index contributed by atoms with van der Waals surface area (Å²) in [4.78, 5) is 21.9. The molecule has 0 aliphatic carbocycles. The molecule has 0 saturated carbocycles. The molecule has 5 nitrogen and oxygen atoms in total. The van der Waals surface area contributed by atoms with E-state index in [0.717, 1.165) is 67.3 Å². The predicted molar refractivity (Wildman–Crippen MR) is 137 cm³/mol. The van der Waals surface area contributed by atoms with Crippen LogP contribution in [0, 0.1) is 5.41 Å². The highest BCUT2D eigenvalue weighted by atomic mass is 35.5. The van der Waals surface area contributed by atoms with Gasteiger partial charge >= 0.3 is 6.03 Å². The fourth-order valence-electron chi connectivity index (χ4n) is 5.68. The number of pyridine rings is 1. The first-order valence-electron chi connectivity index (χ1n) is 12.1. The Morgan fingerprint density at radius 3 is 2.50 bits per heavy atom. The van der Waals surface area contributed by atoms with Gasteiger partial charge in [-0.1, -0.05) is 61.0 Å². The quantitative estimate of drug-likeness (QED) is 0.481. The number of para-hydroxylation sites is 1. The molecule has 2 aliphatic heterocycles. The summed E-state index contributed by atoms with van der Waals surface area (Å²) >= 11 is 6.47. The minimum absolute atomic E-state index is 0.000856. The molecule has 3 heterocycles. The van der Waals surface area contributed by atoms with E-state index in [1.54, 1.807) is 0 Å². The van der Waals surface area contributed by atoms with Gasteiger partial charge in [0.25, 0.3) is 0 Å². The molecular formula is C28H31ClN4O. The van der Waals surface area contributed by atoms with Crippen molar-refractivity contribution in [3.8, 4) is 0 Å². The number of carbonyl (C=O) groups excluding carboxylic acids is 1. The van der Waals surface area contributed by atoms with Crippen molar-refractivity contribution in [2.24, 2.45) is 5.41 Å². The van der Waals surface area contributed by atoms with Crippen LogP contribution >= 0.6 is 11.6 Å². The van der Waals surface area contributed by atoms with Crippen LogP contribution in [0.2, 0.25) is 5.02 Å². The third kappa shape index (κ3) is 4.42. The van der Waals surface area contributed by atoms with Gasteiger partial charge in [-0.2, -0.15) is 0 Å². The van der Waals surface area contributed by atoms with Gasteiger partial charge < -0.3 is 10.2 Å². The number of nitrogens with one attached hydrogen (secondary N) is 1. The lowest BCUT2D eigenvalue weighted by molar-refractivity contribution is -0.112. The molecule has 34 heavy (non-hydrogen) atoms. The second-order valence-electron chi connectivity index (χ2n) is 9.48. The third-order valence-corrected chi connectivity index (χ3v) is 7.85. The average Bonchev–Trinajstić information content (AvgIpc) is 2.86. The summed E-state index contributed by atoms with van der Waals surface area (Å²) < 4.78 is 0. The van der Waals surface area contributed by atoms with Crippen LogP contribution in [0.3, 0.4) is 0 Å². The van der Waals surface area contributed by atoms with Gasteiger partial charge in [0.05, 0.1) is 0 Å². The lowest BCUT2D eigenvalue weighted by Gasteiger charge is -2.60. The van der Waals surface area contributed by atoms with Crippen LogP contribution < -0.4 is 5.32 Å². The maximum atomic E-state index is 13.0. The van der Waals surface area contributed by atoms with E-state index in [4.69, 9.17) is 11.6 Å². The van der Waals surface area contributed by atoms with Crippen LogP contribution in [0.4, 0.5) is 10.5 Å². The summed E-state index contributed by atoms with van der Waals surface area (Å²) in [5.41, 5.74) is 4.63. The van der Waals surface area contributed by atoms with Crippen LogP contribution in [0.25, 0.3) is 0 Å². The second kappa shape index (κ2) is 9.77. The normalized spacial score (nSPS) is 19.6. The lowest BCUT2D eigenvalue weighted by Crippen LogP contribution is -2.62. The number of hydrogen-bond acceptors (Lipinski definition) is 3. The van der Waals surface area contributed by atoms with Gasteiger partial charge in [0.1, 0.15) is 0 Å². The molecule has 0 bridgehead atoms. The van der Waals surface area contributed by atoms with Crippen LogP contribution in [0.1, 0.15) is 42.5 Å². The van der Waals surface area contributed by atoms with Crippen molar-refractivity contribution >= 4 is 23.3 Å². The van der Waals surface area contributed by atoms with Gasteiger partial charge in [-0.3, -0.25) is 9.88 Å². The average molecular weight is 475 g/mol. The number of amides is 2. The summed E-state index contributed by atoms with van der Waals surface area (Å²) in [6.45, 7) is 5.46. The topological polar surface area (TPSA) is 48.5 Å². The van der Waals surface area contributed by atoms with Crippen molar-refractivity contribution in [3.05, 3.63) is 94.8 Å². The van der Waals surface area contributed by atoms with Gasteiger partial charge in [0.15, 0.2) is 0 Å². The number of nitrogens with zero attached hydrogens (tertiary/aromatic N) is 3. The molecular weight excluding hydrogens is 444 g/mol. The zero-order valence-electron chi connectivity index (χ0n) is 19.6. The molecule has 3 aromatic rings. The molecule has 2 amide bonds. The lowest BCUT2D eigenvalue weighted by atomic mass is 9.63. The highest BCUT2D eigenvalue weighted by Gasteiger charge is 2.54. The summed E-state index contributed by atoms with van der Waals surface area (Å²) in [5.74, 6) is 0. The Bertz CT molecular complexity index is 1140. The van der Waals surface area contributed by atoms with Gasteiger partial charge in [-0.05, 0) is 54.2 Å². The molecule has 5 rings (SSSR count). The fraction of sp³-hybridized carbons (Fsp3) is 0.357. The van der Waals surface area contributed by atoms with Crippen molar-refractivity contribution in [2.75, 3.05) is 25.0 Å². The Kier molecular flexibility index (Phi) is 6.57. The number of halogens is 1. The number of anilines is 1. The minimum atomic E-state index is 0.000856. The molecule has 1 unspecified atom stereocenters. The summed E-state index contributed by atoms with van der Waals surface area (Å²) in [5, 5.41) is 3.95. The SMILES string of the molecule is CCc1ccccc1NC(=O)N1CCC2(CC1)CN(Cc1ccccc1Cl)C2c1cccnc1. The summed E-state index contributed by atoms with van der Waals surface area (Å²) in [6.07, 6.45) is 6.68. The molecule has 176 valence electrons. The standard InChI is InChI=1S/C28H31ClN4O/c1-2-21-8-4-6-12-25(21)31-27(34)32-16-13-28(14-17-32)20-33(19-23-9-3-5-11-24(23)29)26(28)22-10-7-15-30-18-22/h3-12,15,18,26H,2,13-14,16-17,19-20H2,1H3,(H,31,34). The van der Waals surface area contributed by atoms with E-state index in [2.05, 4.69) is 40.3 Å². The van der Waals surface area contributed by atoms with E-state index >= 15 is 0 Å². The van der Waals surface area contributed by atoms with Crippen LogP contribution in [0.15, 0.2) is 73.1 Å². The number of piperidine rings is 1. The van der Waals surface area contributed by atoms with E-state index in [9.17, 15) is 4.79 Å². The fourth-order valence-corrected chi connectivity index (χ4v) is 5.88. The number of urea groups is 1. The Labute approximate surface area is 206 Å². The first kappa shape index (κ1) is 22.9. The predicted octanol–water partition coefficient (Wildman–Crippen LogP) is 6.17. The second-order valence-corrected chi connectivity index (χ2v) is 9.88. The Morgan fingerprint density at radius 2 is 1.79 bits per heavy atom. The number of likely N-dealkylation sites (tertiary alicyclic amines) is 2.